The summed E-state index contributed by atoms with van der Waals surface area (Å²) in [5, 5.41) is 9.45. The number of rotatable bonds is 1. The minimum atomic E-state index is -0.643. The fourth-order valence-electron chi connectivity index (χ4n) is 0. The molecule has 0 aromatic rings. The third kappa shape index (κ3) is 2.83. The second-order valence-electron chi connectivity index (χ2n) is 0.563. The molecule has 0 aromatic carbocycles. The lowest BCUT2D eigenvalue weighted by Gasteiger charge is -1.84. The number of hydrogen-bond acceptors (Lipinski definition) is 2. The highest BCUT2D eigenvalue weighted by atomic mass is 127. The Morgan fingerprint density at radius 1 is 2.00 bits per heavy atom. The van der Waals surface area contributed by atoms with E-state index in [-0.39, 0.29) is 0 Å². The van der Waals surface area contributed by atoms with Gasteiger partial charge in [-0.05, 0) is 0 Å². The SMILES string of the molecule is O=[N+]([O-])C(Br)I. The van der Waals surface area contributed by atoms with Crippen LogP contribution in [0.4, 0.5) is 0 Å². The molecule has 6 heavy (non-hydrogen) atoms. The summed E-state index contributed by atoms with van der Waals surface area (Å²) >= 11 is 4.38. The van der Waals surface area contributed by atoms with Crippen LogP contribution in [0, 0.1) is 10.1 Å². The number of nitrogens with zero attached hydrogens (tertiary/aromatic N) is 1. The molecule has 0 aliphatic carbocycles. The molecule has 0 aliphatic rings. The average Bonchev–Trinajstić information content (AvgIpc) is 1.36. The maximum atomic E-state index is 9.45. The van der Waals surface area contributed by atoms with E-state index in [1.165, 1.54) is 0 Å². The predicted molar refractivity (Wildman–Crippen MR) is 33.7 cm³/mol. The summed E-state index contributed by atoms with van der Waals surface area (Å²) in [6.07, 6.45) is 0. The van der Waals surface area contributed by atoms with E-state index >= 15 is 0 Å². The van der Waals surface area contributed by atoms with Gasteiger partial charge in [0, 0.05) is 43.4 Å². The monoisotopic (exact) mass is 265 g/mol. The topological polar surface area (TPSA) is 43.1 Å². The van der Waals surface area contributed by atoms with Crippen molar-refractivity contribution in [1.82, 2.24) is 0 Å². The Bertz CT molecular complexity index is 64.6. The van der Waals surface area contributed by atoms with E-state index in [1.54, 1.807) is 22.6 Å². The van der Waals surface area contributed by atoms with Crippen molar-refractivity contribution in [2.24, 2.45) is 0 Å². The summed E-state index contributed by atoms with van der Waals surface area (Å²) in [5.74, 6) is 0. The smallest absolute Gasteiger partial charge is 0.263 e. The molecule has 0 aromatic heterocycles. The van der Waals surface area contributed by atoms with Crippen LogP contribution in [0.25, 0.3) is 0 Å². The van der Waals surface area contributed by atoms with Crippen LogP contribution in [0.15, 0.2) is 0 Å². The van der Waals surface area contributed by atoms with Gasteiger partial charge >= 0.3 is 2.96 Å². The standard InChI is InChI=1S/CHBrINO2/c2-1(3)4(5)6/h1H. The first kappa shape index (κ1) is 6.61. The molecule has 0 saturated carbocycles. The van der Waals surface area contributed by atoms with E-state index in [4.69, 9.17) is 0 Å². The molecule has 0 saturated heterocycles. The van der Waals surface area contributed by atoms with Crippen molar-refractivity contribution in [2.45, 2.75) is 2.96 Å². The van der Waals surface area contributed by atoms with Crippen molar-refractivity contribution < 1.29 is 4.92 Å². The van der Waals surface area contributed by atoms with E-state index in [0.717, 1.165) is 0 Å². The molecule has 0 spiro atoms. The summed E-state index contributed by atoms with van der Waals surface area (Å²) in [6, 6.07) is 0. The predicted octanol–water partition coefficient (Wildman–Crippen LogP) is 1.38. The van der Waals surface area contributed by atoms with Crippen LogP contribution < -0.4 is 0 Å². The van der Waals surface area contributed by atoms with E-state index in [9.17, 15) is 10.1 Å². The van der Waals surface area contributed by atoms with Gasteiger partial charge in [0.05, 0.1) is 0 Å². The lowest BCUT2D eigenvalue weighted by molar-refractivity contribution is -0.462. The van der Waals surface area contributed by atoms with E-state index in [2.05, 4.69) is 15.9 Å². The zero-order valence-electron chi connectivity index (χ0n) is 2.60. The van der Waals surface area contributed by atoms with Crippen molar-refractivity contribution in [1.29, 1.82) is 0 Å². The molecule has 0 bridgehead atoms. The highest BCUT2D eigenvalue weighted by Crippen LogP contribution is 2.07. The molecular weight excluding hydrogens is 265 g/mol. The van der Waals surface area contributed by atoms with Crippen LogP contribution in [0.3, 0.4) is 0 Å². The number of halogens is 2. The Labute approximate surface area is 56.5 Å². The van der Waals surface area contributed by atoms with E-state index in [0.29, 0.717) is 0 Å². The molecular formula is CHBrINO2. The first-order valence-corrected chi connectivity index (χ1v) is 3.22. The van der Waals surface area contributed by atoms with Crippen LogP contribution in [0.5, 0.6) is 0 Å². The van der Waals surface area contributed by atoms with Gasteiger partial charge in [-0.2, -0.15) is 0 Å². The average molecular weight is 266 g/mol. The normalized spacial score (nSPS) is 13.7. The van der Waals surface area contributed by atoms with Gasteiger partial charge in [-0.1, -0.05) is 0 Å². The maximum Gasteiger partial charge on any atom is 0.313 e. The Morgan fingerprint density at radius 3 is 2.17 bits per heavy atom. The van der Waals surface area contributed by atoms with Crippen LogP contribution in [-0.4, -0.2) is 7.88 Å². The molecule has 0 heterocycles. The van der Waals surface area contributed by atoms with Gasteiger partial charge < -0.3 is 0 Å². The van der Waals surface area contributed by atoms with Gasteiger partial charge in [0.25, 0.3) is 0 Å². The Morgan fingerprint density at radius 2 is 2.17 bits per heavy atom. The largest absolute Gasteiger partial charge is 0.313 e. The first-order chi connectivity index (χ1) is 2.64. The second kappa shape index (κ2) is 2.73. The molecule has 0 radical (unpaired) electrons. The van der Waals surface area contributed by atoms with Crippen LogP contribution in [-0.2, 0) is 0 Å². The minimum absolute atomic E-state index is 0.430. The molecule has 5 heteroatoms. The van der Waals surface area contributed by atoms with Crippen LogP contribution >= 0.6 is 38.5 Å². The van der Waals surface area contributed by atoms with Crippen molar-refractivity contribution in [2.75, 3.05) is 0 Å². The Hall–Kier alpha value is 0.610. The molecule has 1 atom stereocenters. The molecule has 0 N–H and O–H groups in total. The van der Waals surface area contributed by atoms with Crippen molar-refractivity contribution in [3.8, 4) is 0 Å². The molecule has 0 fully saturated rings. The van der Waals surface area contributed by atoms with Crippen molar-refractivity contribution in [3.63, 3.8) is 0 Å². The number of hydrogen-bond donors (Lipinski definition) is 0. The highest BCUT2D eigenvalue weighted by molar-refractivity contribution is 14.1. The van der Waals surface area contributed by atoms with Gasteiger partial charge in [0.15, 0.2) is 0 Å². The summed E-state index contributed by atoms with van der Waals surface area (Å²) < 4.78 is -0.643. The quantitative estimate of drug-likeness (QED) is 0.236. The summed E-state index contributed by atoms with van der Waals surface area (Å²) in [7, 11) is 0. The second-order valence-corrected chi connectivity index (χ2v) is 4.32. The Balaban J connectivity index is 3.26. The van der Waals surface area contributed by atoms with Crippen LogP contribution in [0.1, 0.15) is 0 Å². The molecule has 3 nitrogen and oxygen atoms in total. The molecule has 1 unspecified atom stereocenters. The van der Waals surface area contributed by atoms with Gasteiger partial charge in [0.1, 0.15) is 0 Å². The van der Waals surface area contributed by atoms with Gasteiger partial charge in [-0.3, -0.25) is 10.1 Å². The lowest BCUT2D eigenvalue weighted by Crippen LogP contribution is -1.99. The molecule has 0 rings (SSSR count). The fourth-order valence-corrected chi connectivity index (χ4v) is 0. The van der Waals surface area contributed by atoms with Crippen molar-refractivity contribution in [3.05, 3.63) is 10.1 Å². The highest BCUT2D eigenvalue weighted by Gasteiger charge is 2.04. The minimum Gasteiger partial charge on any atom is -0.263 e. The number of nitro groups is 1. The summed E-state index contributed by atoms with van der Waals surface area (Å²) in [6.45, 7) is 0. The summed E-state index contributed by atoms with van der Waals surface area (Å²) in [4.78, 5) is 9.02. The zero-order chi connectivity index (χ0) is 5.15. The van der Waals surface area contributed by atoms with Crippen LogP contribution in [0.2, 0.25) is 0 Å². The van der Waals surface area contributed by atoms with Crippen molar-refractivity contribution >= 4 is 38.5 Å². The first-order valence-electron chi connectivity index (χ1n) is 1.06. The van der Waals surface area contributed by atoms with E-state index in [1.807, 2.05) is 0 Å². The molecule has 0 amide bonds. The third-order valence-electron chi connectivity index (χ3n) is 0.159. The third-order valence-corrected chi connectivity index (χ3v) is 0.949. The lowest BCUT2D eigenvalue weighted by atomic mass is 11.5. The maximum absolute atomic E-state index is 9.45. The molecule has 36 valence electrons. The number of alkyl halides is 2. The fraction of sp³-hybridized carbons (Fsp3) is 1.00. The van der Waals surface area contributed by atoms with Gasteiger partial charge in [-0.25, -0.2) is 0 Å². The van der Waals surface area contributed by atoms with Gasteiger partial charge in [-0.15, -0.1) is 0 Å². The molecule has 0 aliphatic heterocycles. The Kier molecular flexibility index (Phi) is 3.01. The van der Waals surface area contributed by atoms with Gasteiger partial charge in [0.2, 0.25) is 0 Å². The van der Waals surface area contributed by atoms with E-state index < -0.39 is 7.88 Å². The zero-order valence-corrected chi connectivity index (χ0v) is 6.34. The summed E-state index contributed by atoms with van der Waals surface area (Å²) in [5.41, 5.74) is 0.